The van der Waals surface area contributed by atoms with Gasteiger partial charge in [-0.15, -0.1) is 0 Å². The van der Waals surface area contributed by atoms with Crippen LogP contribution in [0.1, 0.15) is 11.1 Å². The molecule has 3 aromatic rings. The molecule has 0 bridgehead atoms. The highest BCUT2D eigenvalue weighted by Crippen LogP contribution is 2.22. The van der Waals surface area contributed by atoms with Crippen LogP contribution in [0.15, 0.2) is 116 Å². The molecule has 0 saturated heterocycles. The van der Waals surface area contributed by atoms with Gasteiger partial charge in [0.2, 0.25) is 0 Å². The van der Waals surface area contributed by atoms with Crippen molar-refractivity contribution in [1.82, 2.24) is 4.98 Å². The van der Waals surface area contributed by atoms with Crippen molar-refractivity contribution >= 4 is 12.2 Å². The van der Waals surface area contributed by atoms with Crippen LogP contribution < -0.4 is 9.47 Å². The first-order valence-electron chi connectivity index (χ1n) is 8.96. The Labute approximate surface area is 165 Å². The third-order valence-electron chi connectivity index (χ3n) is 3.73. The average molecular weight is 367 g/mol. The van der Waals surface area contributed by atoms with Gasteiger partial charge in [-0.1, -0.05) is 66.8 Å². The first kappa shape index (κ1) is 18.9. The molecule has 2 aliphatic rings. The van der Waals surface area contributed by atoms with Crippen molar-refractivity contribution in [3.8, 4) is 11.5 Å². The summed E-state index contributed by atoms with van der Waals surface area (Å²) in [6, 6.07) is 21.6. The summed E-state index contributed by atoms with van der Waals surface area (Å²) >= 11 is 0. The highest BCUT2D eigenvalue weighted by atomic mass is 16.5. The second kappa shape index (κ2) is 11.0. The van der Waals surface area contributed by atoms with E-state index in [4.69, 9.17) is 9.47 Å². The van der Waals surface area contributed by atoms with Gasteiger partial charge in [0.1, 0.15) is 11.5 Å². The maximum atomic E-state index is 5.31. The quantitative estimate of drug-likeness (QED) is 0.468. The number of hydrogen-bond acceptors (Lipinski definition) is 3. The molecule has 2 aliphatic heterocycles. The summed E-state index contributed by atoms with van der Waals surface area (Å²) in [5.74, 6) is 1.83. The Morgan fingerprint density at radius 1 is 0.500 bits per heavy atom. The Hall–Kier alpha value is -3.85. The van der Waals surface area contributed by atoms with E-state index in [2.05, 4.69) is 4.98 Å². The number of benzene rings is 2. The van der Waals surface area contributed by atoms with Crippen LogP contribution in [0, 0.1) is 0 Å². The van der Waals surface area contributed by atoms with E-state index in [1.807, 2.05) is 103 Å². The average Bonchev–Trinajstić information content (AvgIpc) is 3.16. The van der Waals surface area contributed by atoms with E-state index in [1.165, 1.54) is 0 Å². The topological polar surface area (TPSA) is 31.4 Å². The minimum absolute atomic E-state index is 0.914. The Balaban J connectivity index is 0.000000126. The number of fused-ring (bicyclic) bond motifs is 2. The predicted molar refractivity (Wildman–Crippen MR) is 115 cm³/mol. The molecule has 0 atom stereocenters. The van der Waals surface area contributed by atoms with Crippen LogP contribution in [0.2, 0.25) is 0 Å². The molecule has 138 valence electrons. The van der Waals surface area contributed by atoms with Gasteiger partial charge in [0.05, 0.1) is 12.5 Å². The van der Waals surface area contributed by atoms with Crippen LogP contribution in [-0.4, -0.2) is 4.98 Å². The molecule has 2 aromatic carbocycles. The normalized spacial score (nSPS) is 12.3. The fourth-order valence-electron chi connectivity index (χ4n) is 2.40. The minimum atomic E-state index is 0.914. The van der Waals surface area contributed by atoms with Crippen LogP contribution in [0.3, 0.4) is 0 Å². The SMILES string of the molecule is C1=COc2ccccc2C=C1.C1=COc2ccccc2C=C1.c1ccncc1. The van der Waals surface area contributed by atoms with Crippen molar-refractivity contribution in [3.05, 3.63) is 127 Å². The van der Waals surface area contributed by atoms with Gasteiger partial charge in [-0.2, -0.15) is 0 Å². The molecule has 0 radical (unpaired) electrons. The van der Waals surface area contributed by atoms with Gasteiger partial charge in [-0.3, -0.25) is 4.98 Å². The van der Waals surface area contributed by atoms with Crippen LogP contribution in [0.5, 0.6) is 11.5 Å². The molecule has 0 aliphatic carbocycles. The molecule has 5 rings (SSSR count). The lowest BCUT2D eigenvalue weighted by Crippen LogP contribution is -1.82. The zero-order chi connectivity index (χ0) is 19.3. The van der Waals surface area contributed by atoms with E-state index in [-0.39, 0.29) is 0 Å². The zero-order valence-corrected chi connectivity index (χ0v) is 15.4. The molecule has 3 nitrogen and oxygen atoms in total. The lowest BCUT2D eigenvalue weighted by molar-refractivity contribution is 0.481. The molecule has 0 amide bonds. The summed E-state index contributed by atoms with van der Waals surface area (Å²) < 4.78 is 10.6. The Kier molecular flexibility index (Phi) is 7.43. The molecule has 0 unspecified atom stereocenters. The summed E-state index contributed by atoms with van der Waals surface area (Å²) in [4.78, 5) is 3.78. The predicted octanol–water partition coefficient (Wildman–Crippen LogP) is 6.29. The number of pyridine rings is 1. The van der Waals surface area contributed by atoms with E-state index in [1.54, 1.807) is 24.9 Å². The van der Waals surface area contributed by atoms with Crippen molar-refractivity contribution in [2.75, 3.05) is 0 Å². The van der Waals surface area contributed by atoms with Crippen molar-refractivity contribution in [1.29, 1.82) is 0 Å². The molecule has 1 aromatic heterocycles. The maximum absolute atomic E-state index is 5.31. The number of aromatic nitrogens is 1. The molecule has 0 saturated carbocycles. The Bertz CT molecular complexity index is 880. The highest BCUT2D eigenvalue weighted by Gasteiger charge is 1.98. The molecule has 0 fully saturated rings. The number of ether oxygens (including phenoxy) is 2. The summed E-state index contributed by atoms with van der Waals surface area (Å²) in [6.45, 7) is 0. The first-order valence-corrected chi connectivity index (χ1v) is 8.96. The number of nitrogens with zero attached hydrogens (tertiary/aromatic N) is 1. The highest BCUT2D eigenvalue weighted by molar-refractivity contribution is 5.60. The van der Waals surface area contributed by atoms with Crippen LogP contribution in [0.25, 0.3) is 12.2 Å². The third kappa shape index (κ3) is 6.15. The van der Waals surface area contributed by atoms with Crippen LogP contribution in [-0.2, 0) is 0 Å². The van der Waals surface area contributed by atoms with Crippen molar-refractivity contribution in [2.24, 2.45) is 0 Å². The van der Waals surface area contributed by atoms with Gasteiger partial charge >= 0.3 is 0 Å². The number of allylic oxidation sites excluding steroid dienone is 4. The third-order valence-corrected chi connectivity index (χ3v) is 3.73. The van der Waals surface area contributed by atoms with E-state index in [9.17, 15) is 0 Å². The molecule has 0 spiro atoms. The monoisotopic (exact) mass is 367 g/mol. The van der Waals surface area contributed by atoms with Gasteiger partial charge < -0.3 is 9.47 Å². The lowest BCUT2D eigenvalue weighted by Gasteiger charge is -2.00. The van der Waals surface area contributed by atoms with E-state index in [0.717, 1.165) is 22.6 Å². The Morgan fingerprint density at radius 3 is 1.43 bits per heavy atom. The van der Waals surface area contributed by atoms with E-state index < -0.39 is 0 Å². The van der Waals surface area contributed by atoms with E-state index in [0.29, 0.717) is 0 Å². The molecule has 3 heteroatoms. The summed E-state index contributed by atoms with van der Waals surface area (Å²) in [7, 11) is 0. The largest absolute Gasteiger partial charge is 0.464 e. The minimum Gasteiger partial charge on any atom is -0.464 e. The van der Waals surface area contributed by atoms with Crippen molar-refractivity contribution in [2.45, 2.75) is 0 Å². The van der Waals surface area contributed by atoms with Gasteiger partial charge in [0, 0.05) is 23.5 Å². The first-order chi connectivity index (χ1) is 13.9. The maximum Gasteiger partial charge on any atom is 0.133 e. The van der Waals surface area contributed by atoms with Crippen LogP contribution in [0.4, 0.5) is 0 Å². The number of rotatable bonds is 0. The molecule has 3 heterocycles. The zero-order valence-electron chi connectivity index (χ0n) is 15.4. The molecule has 28 heavy (non-hydrogen) atoms. The second-order valence-electron chi connectivity index (χ2n) is 5.71. The van der Waals surface area contributed by atoms with Gasteiger partial charge in [0.15, 0.2) is 0 Å². The van der Waals surface area contributed by atoms with Gasteiger partial charge in [0.25, 0.3) is 0 Å². The summed E-state index contributed by atoms with van der Waals surface area (Å²) in [6.07, 6.45) is 18.6. The second-order valence-corrected chi connectivity index (χ2v) is 5.71. The number of para-hydroxylation sites is 2. The summed E-state index contributed by atoms with van der Waals surface area (Å²) in [5, 5.41) is 0. The summed E-state index contributed by atoms with van der Waals surface area (Å²) in [5.41, 5.74) is 2.25. The van der Waals surface area contributed by atoms with Crippen LogP contribution >= 0.6 is 0 Å². The van der Waals surface area contributed by atoms with Crippen molar-refractivity contribution < 1.29 is 9.47 Å². The molecular formula is C25H21NO2. The number of hydrogen-bond donors (Lipinski definition) is 0. The van der Waals surface area contributed by atoms with Gasteiger partial charge in [-0.05, 0) is 36.4 Å². The fraction of sp³-hybridized carbons (Fsp3) is 0. The molecule has 0 N–H and O–H groups in total. The van der Waals surface area contributed by atoms with E-state index >= 15 is 0 Å². The smallest absolute Gasteiger partial charge is 0.133 e. The van der Waals surface area contributed by atoms with Gasteiger partial charge in [-0.25, -0.2) is 0 Å². The lowest BCUT2D eigenvalue weighted by atomic mass is 10.2. The molecular weight excluding hydrogens is 346 g/mol. The fourth-order valence-corrected chi connectivity index (χ4v) is 2.40. The Morgan fingerprint density at radius 2 is 1.00 bits per heavy atom. The standard InChI is InChI=1S/2C10H8O.C5H5N/c2*1-2-7-10-9(5-1)6-3-4-8-11-10;1-2-4-6-5-3-1/h2*1-8H;1-5H. The van der Waals surface area contributed by atoms with Crippen molar-refractivity contribution in [3.63, 3.8) is 0 Å².